The smallest absolute Gasteiger partial charge is 0.373 e. The molecule has 182 valence electrons. The Morgan fingerprint density at radius 2 is 1.57 bits per heavy atom. The van der Waals surface area contributed by atoms with Crippen LogP contribution in [0, 0.1) is 6.92 Å². The Balaban J connectivity index is 0.000000221. The summed E-state index contributed by atoms with van der Waals surface area (Å²) in [6.07, 6.45) is 4.10. The third-order valence-electron chi connectivity index (χ3n) is 5.77. The van der Waals surface area contributed by atoms with E-state index in [9.17, 15) is 13.0 Å². The van der Waals surface area contributed by atoms with Gasteiger partial charge in [0.05, 0.1) is 24.2 Å². The van der Waals surface area contributed by atoms with Crippen molar-refractivity contribution in [1.29, 1.82) is 0 Å². The van der Waals surface area contributed by atoms with Gasteiger partial charge in [-0.25, -0.2) is 8.42 Å². The van der Waals surface area contributed by atoms with Gasteiger partial charge >= 0.3 is 5.89 Å². The molecular formula is C27H28N2O5S. The van der Waals surface area contributed by atoms with Crippen LogP contribution >= 0.6 is 0 Å². The number of oxazole rings is 1. The molecule has 5 rings (SSSR count). The number of hydrogen-bond donors (Lipinski definition) is 0. The van der Waals surface area contributed by atoms with Gasteiger partial charge in [0.2, 0.25) is 5.58 Å². The van der Waals surface area contributed by atoms with Crippen LogP contribution in [-0.2, 0) is 21.9 Å². The lowest BCUT2D eigenvalue weighted by Crippen LogP contribution is -2.36. The Labute approximate surface area is 205 Å². The van der Waals surface area contributed by atoms with Crippen molar-refractivity contribution in [3.63, 3.8) is 0 Å². The minimum absolute atomic E-state index is 0.178. The van der Waals surface area contributed by atoms with Crippen molar-refractivity contribution in [1.82, 2.24) is 0 Å². The highest BCUT2D eigenvalue weighted by molar-refractivity contribution is 7.85. The predicted molar refractivity (Wildman–Crippen MR) is 135 cm³/mol. The molecular weight excluding hydrogens is 464 g/mol. The average molecular weight is 493 g/mol. The summed E-state index contributed by atoms with van der Waals surface area (Å²) < 4.78 is 44.5. The summed E-state index contributed by atoms with van der Waals surface area (Å²) >= 11 is 0. The van der Waals surface area contributed by atoms with Crippen LogP contribution < -0.4 is 9.47 Å². The van der Waals surface area contributed by atoms with E-state index in [0.717, 1.165) is 54.4 Å². The number of hydrogen-bond acceptors (Lipinski definition) is 6. The minimum Gasteiger partial charge on any atom is -0.744 e. The van der Waals surface area contributed by atoms with E-state index >= 15 is 0 Å². The minimum atomic E-state index is -4.27. The maximum absolute atomic E-state index is 10.4. The van der Waals surface area contributed by atoms with Gasteiger partial charge in [-0.2, -0.15) is 4.57 Å². The van der Waals surface area contributed by atoms with Gasteiger partial charge < -0.3 is 18.6 Å². The van der Waals surface area contributed by atoms with Crippen molar-refractivity contribution >= 4 is 39.1 Å². The van der Waals surface area contributed by atoms with E-state index in [2.05, 4.69) is 45.9 Å². The maximum Gasteiger partial charge on any atom is 0.373 e. The topological polar surface area (TPSA) is 86.7 Å². The first-order valence-corrected chi connectivity index (χ1v) is 12.7. The van der Waals surface area contributed by atoms with Gasteiger partial charge in [0, 0.05) is 24.8 Å². The van der Waals surface area contributed by atoms with Gasteiger partial charge in [-0.1, -0.05) is 42.0 Å². The van der Waals surface area contributed by atoms with Gasteiger partial charge in [-0.3, -0.25) is 0 Å². The van der Waals surface area contributed by atoms with Crippen LogP contribution in [-0.4, -0.2) is 39.3 Å². The average Bonchev–Trinajstić information content (AvgIpc) is 3.19. The van der Waals surface area contributed by atoms with Gasteiger partial charge in [0.25, 0.3) is 5.52 Å². The second-order valence-electron chi connectivity index (χ2n) is 8.26. The Hall–Kier alpha value is -3.46. The number of aryl methyl sites for hydroxylation is 2. The van der Waals surface area contributed by atoms with Crippen LogP contribution in [0.15, 0.2) is 82.1 Å². The van der Waals surface area contributed by atoms with Crippen LogP contribution in [0.4, 0.5) is 5.69 Å². The fraction of sp³-hybridized carbons (Fsp3) is 0.222. The molecule has 0 bridgehead atoms. The first-order chi connectivity index (χ1) is 16.8. The standard InChI is InChI=1S/C20H21N2O2.C7H8O3S/c1-21-18-4-2-3-5-19(18)24-20(21)11-8-16-6-9-17(10-7-16)22-12-14-23-15-13-22;1-6-2-4-7(5-3-6)11(8,9)10/h2-11H,12-15H2,1H3;2-5H,1H3,(H,8,9,10)/q+1;/p-1. The lowest BCUT2D eigenvalue weighted by atomic mass is 10.1. The number of nitrogens with zero attached hydrogens (tertiary/aromatic N) is 2. The van der Waals surface area contributed by atoms with E-state index in [4.69, 9.17) is 9.15 Å². The van der Waals surface area contributed by atoms with E-state index < -0.39 is 10.1 Å². The van der Waals surface area contributed by atoms with Gasteiger partial charge in [0.15, 0.2) is 0 Å². The molecule has 0 atom stereocenters. The highest BCUT2D eigenvalue weighted by Gasteiger charge is 2.15. The summed E-state index contributed by atoms with van der Waals surface area (Å²) in [6, 6.07) is 22.5. The summed E-state index contributed by atoms with van der Waals surface area (Å²) in [6.45, 7) is 5.36. The molecule has 1 aliphatic rings. The molecule has 3 aromatic carbocycles. The molecule has 8 heteroatoms. The quantitative estimate of drug-likeness (QED) is 0.314. The molecule has 0 radical (unpaired) electrons. The predicted octanol–water partition coefficient (Wildman–Crippen LogP) is 4.16. The van der Waals surface area contributed by atoms with E-state index in [1.807, 2.05) is 38.2 Å². The summed E-state index contributed by atoms with van der Waals surface area (Å²) in [5, 5.41) is 0. The molecule has 35 heavy (non-hydrogen) atoms. The van der Waals surface area contributed by atoms with E-state index in [1.54, 1.807) is 12.1 Å². The van der Waals surface area contributed by atoms with Crippen LogP contribution in [0.1, 0.15) is 17.0 Å². The number of aromatic nitrogens is 1. The van der Waals surface area contributed by atoms with Crippen molar-refractivity contribution < 1.29 is 26.7 Å². The molecule has 0 unspecified atom stereocenters. The number of anilines is 1. The van der Waals surface area contributed by atoms with Crippen molar-refractivity contribution in [2.24, 2.45) is 7.05 Å². The molecule has 0 aliphatic carbocycles. The van der Waals surface area contributed by atoms with Crippen molar-refractivity contribution in [2.45, 2.75) is 11.8 Å². The zero-order chi connectivity index (χ0) is 24.8. The lowest BCUT2D eigenvalue weighted by Gasteiger charge is -2.28. The SMILES string of the molecule is C[n+]1c(/C=C/c2ccc(N3CCOCC3)cc2)oc2ccccc21.Cc1ccc(S(=O)(=O)[O-])cc1. The zero-order valence-corrected chi connectivity index (χ0v) is 20.6. The van der Waals surface area contributed by atoms with Gasteiger partial charge in [0.1, 0.15) is 17.2 Å². The molecule has 1 aromatic heterocycles. The normalized spacial score (nSPS) is 14.2. The molecule has 1 aliphatic heterocycles. The largest absolute Gasteiger partial charge is 0.744 e. The maximum atomic E-state index is 10.4. The van der Waals surface area contributed by atoms with Gasteiger partial charge in [-0.15, -0.1) is 0 Å². The monoisotopic (exact) mass is 492 g/mol. The highest BCUT2D eigenvalue weighted by atomic mass is 32.2. The lowest BCUT2D eigenvalue weighted by molar-refractivity contribution is -0.651. The molecule has 4 aromatic rings. The van der Waals surface area contributed by atoms with Crippen LogP contribution in [0.25, 0.3) is 23.3 Å². The van der Waals surface area contributed by atoms with Crippen molar-refractivity contribution in [3.05, 3.63) is 89.8 Å². The molecule has 0 spiro atoms. The Morgan fingerprint density at radius 3 is 2.20 bits per heavy atom. The second kappa shape index (κ2) is 10.9. The fourth-order valence-corrected chi connectivity index (χ4v) is 4.23. The second-order valence-corrected chi connectivity index (χ2v) is 9.64. The summed E-state index contributed by atoms with van der Waals surface area (Å²) in [4.78, 5) is 2.18. The zero-order valence-electron chi connectivity index (χ0n) is 19.8. The number of morpholine rings is 1. The number of ether oxygens (including phenoxy) is 1. The van der Waals surface area contributed by atoms with E-state index in [-0.39, 0.29) is 4.90 Å². The Kier molecular flexibility index (Phi) is 7.65. The van der Waals surface area contributed by atoms with E-state index in [0.29, 0.717) is 0 Å². The number of para-hydroxylation sites is 2. The fourth-order valence-electron chi connectivity index (χ4n) is 3.76. The molecule has 7 nitrogen and oxygen atoms in total. The number of rotatable bonds is 4. The summed E-state index contributed by atoms with van der Waals surface area (Å²) in [5.41, 5.74) is 5.34. The molecule has 0 amide bonds. The molecule has 1 saturated heterocycles. The molecule has 1 fully saturated rings. The first kappa shape index (κ1) is 24.7. The molecule has 0 N–H and O–H groups in total. The van der Waals surface area contributed by atoms with Crippen molar-refractivity contribution in [2.75, 3.05) is 31.2 Å². The van der Waals surface area contributed by atoms with Crippen LogP contribution in [0.5, 0.6) is 0 Å². The molecule has 0 saturated carbocycles. The van der Waals surface area contributed by atoms with Crippen LogP contribution in [0.3, 0.4) is 0 Å². The first-order valence-electron chi connectivity index (χ1n) is 11.3. The summed E-state index contributed by atoms with van der Waals surface area (Å²) in [7, 11) is -2.25. The van der Waals surface area contributed by atoms with Crippen LogP contribution in [0.2, 0.25) is 0 Å². The number of fused-ring (bicyclic) bond motifs is 1. The summed E-state index contributed by atoms with van der Waals surface area (Å²) in [5.74, 6) is 0.841. The van der Waals surface area contributed by atoms with Crippen molar-refractivity contribution in [3.8, 4) is 0 Å². The van der Waals surface area contributed by atoms with Gasteiger partial charge in [-0.05, 0) is 48.9 Å². The highest BCUT2D eigenvalue weighted by Crippen LogP contribution is 2.19. The molecule has 2 heterocycles. The number of benzene rings is 3. The Bertz CT molecular complexity index is 1400. The third kappa shape index (κ3) is 6.36. The van der Waals surface area contributed by atoms with E-state index in [1.165, 1.54) is 17.8 Å². The third-order valence-corrected chi connectivity index (χ3v) is 6.62. The Morgan fingerprint density at radius 1 is 0.914 bits per heavy atom.